The Labute approximate surface area is 196 Å². The minimum absolute atomic E-state index is 0. The fourth-order valence-corrected chi connectivity index (χ4v) is 3.59. The highest BCUT2D eigenvalue weighted by Gasteiger charge is 2.16. The molecule has 0 saturated heterocycles. The summed E-state index contributed by atoms with van der Waals surface area (Å²) in [6, 6.07) is 0. The van der Waals surface area contributed by atoms with E-state index in [2.05, 4.69) is 42.0 Å². The van der Waals surface area contributed by atoms with Gasteiger partial charge in [0, 0.05) is 0 Å². The van der Waals surface area contributed by atoms with Crippen LogP contribution in [0.3, 0.4) is 0 Å². The minimum Gasteiger partial charge on any atom is -1.00 e. The van der Waals surface area contributed by atoms with Gasteiger partial charge in [-0.2, -0.15) is 0 Å². The lowest BCUT2D eigenvalue weighted by Gasteiger charge is -2.31. The number of hydrogen-bond acceptors (Lipinski definition) is 1. The molecule has 0 aliphatic carbocycles. The molecule has 180 valence electrons. The van der Waals surface area contributed by atoms with Crippen LogP contribution < -0.4 is 24.8 Å². The van der Waals surface area contributed by atoms with E-state index in [4.69, 9.17) is 4.74 Å². The highest BCUT2D eigenvalue weighted by atomic mass is 35.5. The van der Waals surface area contributed by atoms with E-state index in [1.54, 1.807) is 0 Å². The first kappa shape index (κ1) is 34.1. The summed E-state index contributed by atoms with van der Waals surface area (Å²) in [6.45, 7) is 11.2. The van der Waals surface area contributed by atoms with Gasteiger partial charge in [0.05, 0.1) is 54.5 Å². The fourth-order valence-electron chi connectivity index (χ4n) is 3.59. The molecule has 0 unspecified atom stereocenters. The lowest BCUT2D eigenvalue weighted by molar-refractivity contribution is -0.894. The predicted molar refractivity (Wildman–Crippen MR) is 121 cm³/mol. The molecule has 0 aromatic heterocycles. The maximum absolute atomic E-state index is 5.99. The molecule has 3 nitrogen and oxygen atoms in total. The van der Waals surface area contributed by atoms with Crippen LogP contribution in [0.5, 0.6) is 0 Å². The van der Waals surface area contributed by atoms with Crippen LogP contribution in [-0.4, -0.2) is 76.5 Å². The van der Waals surface area contributed by atoms with Crippen molar-refractivity contribution in [3.8, 4) is 0 Å². The van der Waals surface area contributed by atoms with Crippen molar-refractivity contribution in [2.45, 2.75) is 90.9 Å². The van der Waals surface area contributed by atoms with Crippen molar-refractivity contribution in [2.24, 2.45) is 0 Å². The summed E-state index contributed by atoms with van der Waals surface area (Å²) in [4.78, 5) is 0. The van der Waals surface area contributed by atoms with Gasteiger partial charge in [-0.25, -0.2) is 0 Å². The third-order valence-corrected chi connectivity index (χ3v) is 5.92. The molecule has 0 heterocycles. The van der Waals surface area contributed by atoms with E-state index in [1.165, 1.54) is 90.1 Å². The van der Waals surface area contributed by atoms with Gasteiger partial charge in [0.2, 0.25) is 0 Å². The van der Waals surface area contributed by atoms with Crippen molar-refractivity contribution < 1.29 is 38.5 Å². The van der Waals surface area contributed by atoms with E-state index in [-0.39, 0.29) is 24.8 Å². The van der Waals surface area contributed by atoms with E-state index >= 15 is 0 Å². The normalized spacial score (nSPS) is 11.8. The van der Waals surface area contributed by atoms with Crippen LogP contribution in [0.1, 0.15) is 90.9 Å². The second-order valence-electron chi connectivity index (χ2n) is 9.91. The smallest absolute Gasteiger partial charge is 0.102 e. The number of nitrogens with zero attached hydrogens (tertiary/aromatic N) is 2. The lowest BCUT2D eigenvalue weighted by Crippen LogP contribution is -3.00. The van der Waals surface area contributed by atoms with Crippen molar-refractivity contribution in [1.29, 1.82) is 0 Å². The molecule has 0 atom stereocenters. The first-order valence-corrected chi connectivity index (χ1v) is 12.0. The SMILES string of the molecule is CCCCCCCC[N+](C)(C)CCOCC[N+](C)(C)CCCCCCCC.[Cl-].[Cl-]. The number of unbranched alkanes of at least 4 members (excludes halogenated alkanes) is 10. The zero-order valence-corrected chi connectivity index (χ0v) is 22.3. The molecular weight excluding hydrogens is 403 g/mol. The summed E-state index contributed by atoms with van der Waals surface area (Å²) < 4.78 is 8.19. The molecule has 0 bridgehead atoms. The summed E-state index contributed by atoms with van der Waals surface area (Å²) in [5.41, 5.74) is 0. The van der Waals surface area contributed by atoms with Crippen molar-refractivity contribution in [1.82, 2.24) is 0 Å². The van der Waals surface area contributed by atoms with Crippen LogP contribution in [0.2, 0.25) is 0 Å². The Balaban J connectivity index is -0.00000338. The van der Waals surface area contributed by atoms with Crippen molar-refractivity contribution in [3.63, 3.8) is 0 Å². The maximum atomic E-state index is 5.99. The number of likely N-dealkylation sites (N-methyl/N-ethyl adjacent to an activating group) is 2. The average Bonchev–Trinajstić information content (AvgIpc) is 2.60. The summed E-state index contributed by atoms with van der Waals surface area (Å²) >= 11 is 0. The first-order chi connectivity index (χ1) is 12.8. The molecule has 0 spiro atoms. The molecule has 0 aromatic carbocycles. The molecule has 29 heavy (non-hydrogen) atoms. The number of ether oxygens (including phenoxy) is 1. The average molecular weight is 458 g/mol. The Kier molecular flexibility index (Phi) is 25.5. The molecule has 0 amide bonds. The lowest BCUT2D eigenvalue weighted by atomic mass is 10.1. The number of hydrogen-bond donors (Lipinski definition) is 0. The van der Waals surface area contributed by atoms with E-state index < -0.39 is 0 Å². The van der Waals surface area contributed by atoms with Crippen LogP contribution >= 0.6 is 0 Å². The second kappa shape index (κ2) is 21.7. The maximum Gasteiger partial charge on any atom is 0.102 e. The van der Waals surface area contributed by atoms with E-state index in [1.807, 2.05) is 0 Å². The van der Waals surface area contributed by atoms with Gasteiger partial charge in [-0.3, -0.25) is 0 Å². The highest BCUT2D eigenvalue weighted by molar-refractivity contribution is 4.46. The van der Waals surface area contributed by atoms with Crippen LogP contribution in [-0.2, 0) is 4.74 Å². The third-order valence-electron chi connectivity index (χ3n) is 5.92. The van der Waals surface area contributed by atoms with Gasteiger partial charge in [-0.05, 0) is 25.7 Å². The Hall–Kier alpha value is 0.460. The standard InChI is InChI=1S/C24H54N2O.2ClH/c1-7-9-11-13-15-17-19-25(3,4)21-23-27-24-22-26(5,6)20-18-16-14-12-10-8-2;;/h7-24H2,1-6H3;2*1H/q+2;;/p-2. The topological polar surface area (TPSA) is 9.23 Å². The van der Waals surface area contributed by atoms with Gasteiger partial charge in [0.1, 0.15) is 13.1 Å². The van der Waals surface area contributed by atoms with Crippen LogP contribution in [0.15, 0.2) is 0 Å². The summed E-state index contributed by atoms with van der Waals surface area (Å²) in [5, 5.41) is 0. The molecule has 5 heteroatoms. The first-order valence-electron chi connectivity index (χ1n) is 12.0. The summed E-state index contributed by atoms with van der Waals surface area (Å²) in [6.07, 6.45) is 16.7. The van der Waals surface area contributed by atoms with Gasteiger partial charge in [0.25, 0.3) is 0 Å². The number of halogens is 2. The molecule has 0 aliphatic rings. The molecule has 0 radical (unpaired) electrons. The van der Waals surface area contributed by atoms with Crippen LogP contribution in [0.25, 0.3) is 0 Å². The molecule has 0 aliphatic heterocycles. The molecular formula is C24H54Cl2N2O. The number of rotatable bonds is 20. The van der Waals surface area contributed by atoms with Crippen LogP contribution in [0.4, 0.5) is 0 Å². The molecule has 0 aromatic rings. The predicted octanol–water partition coefficient (Wildman–Crippen LogP) is -0.115. The Bertz CT molecular complexity index is 296. The van der Waals surface area contributed by atoms with Crippen molar-refractivity contribution in [3.05, 3.63) is 0 Å². The summed E-state index contributed by atoms with van der Waals surface area (Å²) in [5.74, 6) is 0. The Morgan fingerprint density at radius 2 is 0.759 bits per heavy atom. The van der Waals surface area contributed by atoms with Gasteiger partial charge in [0.15, 0.2) is 0 Å². The monoisotopic (exact) mass is 456 g/mol. The number of quaternary nitrogens is 2. The van der Waals surface area contributed by atoms with E-state index in [0.717, 1.165) is 35.3 Å². The Morgan fingerprint density at radius 3 is 1.10 bits per heavy atom. The molecule has 0 N–H and O–H groups in total. The van der Waals surface area contributed by atoms with Gasteiger partial charge >= 0.3 is 0 Å². The molecule has 0 fully saturated rings. The third kappa shape index (κ3) is 24.6. The molecule has 0 rings (SSSR count). The Morgan fingerprint density at radius 1 is 0.448 bits per heavy atom. The van der Waals surface area contributed by atoms with E-state index in [9.17, 15) is 0 Å². The van der Waals surface area contributed by atoms with Crippen LogP contribution in [0, 0.1) is 0 Å². The van der Waals surface area contributed by atoms with Gasteiger partial charge in [-0.1, -0.05) is 65.2 Å². The quantitative estimate of drug-likeness (QED) is 0.183. The fraction of sp³-hybridized carbons (Fsp3) is 1.00. The molecule has 0 saturated carbocycles. The minimum atomic E-state index is 0. The van der Waals surface area contributed by atoms with Gasteiger partial charge < -0.3 is 38.5 Å². The van der Waals surface area contributed by atoms with Gasteiger partial charge in [-0.15, -0.1) is 0 Å². The second-order valence-corrected chi connectivity index (χ2v) is 9.91. The zero-order chi connectivity index (χ0) is 20.4. The van der Waals surface area contributed by atoms with E-state index in [0.29, 0.717) is 0 Å². The van der Waals surface area contributed by atoms with Crippen molar-refractivity contribution >= 4 is 0 Å². The largest absolute Gasteiger partial charge is 1.00 e. The zero-order valence-electron chi connectivity index (χ0n) is 20.8. The van der Waals surface area contributed by atoms with Crippen molar-refractivity contribution in [2.75, 3.05) is 67.6 Å². The summed E-state index contributed by atoms with van der Waals surface area (Å²) in [7, 11) is 9.42. The highest BCUT2D eigenvalue weighted by Crippen LogP contribution is 2.09.